The fourth-order valence-electron chi connectivity index (χ4n) is 0. The minimum Gasteiger partial charge on any atom is -0.550 e. The first-order valence-corrected chi connectivity index (χ1v) is 2.72. The summed E-state index contributed by atoms with van der Waals surface area (Å²) < 4.78 is 0. The maximum Gasteiger partial charge on any atom is 3.00 e. The molecule has 12 N–H and O–H groups in total. The largest absolute Gasteiger partial charge is 3.00 e. The van der Waals surface area contributed by atoms with Gasteiger partial charge in [0, 0.05) is 17.9 Å². The van der Waals surface area contributed by atoms with Crippen molar-refractivity contribution in [3.8, 4) is 0 Å². The van der Waals surface area contributed by atoms with E-state index in [0.29, 0.717) is 0 Å². The Bertz CT molecular complexity index is 120. The summed E-state index contributed by atoms with van der Waals surface area (Å²) in [7, 11) is 0. The first kappa shape index (κ1) is 79.7. The van der Waals surface area contributed by atoms with Gasteiger partial charge in [-0.15, -0.1) is 0 Å². The van der Waals surface area contributed by atoms with Gasteiger partial charge >= 0.3 is 32.7 Å². The summed E-state index contributed by atoms with van der Waals surface area (Å²) in [6, 6.07) is 0. The van der Waals surface area contributed by atoms with Gasteiger partial charge in [-0.2, -0.15) is 0 Å². The molecule has 120 valence electrons. The maximum absolute atomic E-state index is 8.89. The van der Waals surface area contributed by atoms with Crippen LogP contribution in [0.3, 0.4) is 0 Å². The molecule has 12 nitrogen and oxygen atoms in total. The Kier molecular flexibility index (Phi) is 280. The third kappa shape index (κ3) is 7640. The molecule has 0 saturated heterocycles. The zero-order chi connectivity index (χ0) is 10.7. The van der Waals surface area contributed by atoms with Crippen LogP contribution in [-0.4, -0.2) is 50.8 Å². The third-order valence-corrected chi connectivity index (χ3v) is 0. The summed E-state index contributed by atoms with van der Waals surface area (Å²) >= 11 is 0. The summed E-state index contributed by atoms with van der Waals surface area (Å²) in [5, 5.41) is 26.7. The number of carbonyl (C=O) groups excluding carboxylic acids is 3. The molecule has 0 heterocycles. The number of hydrogen-bond acceptors (Lipinski definition) is 6. The minimum absolute atomic E-state index is 0. The fraction of sp³-hybridized carbons (Fsp3) is 0.500. The molecule has 0 saturated carbocycles. The summed E-state index contributed by atoms with van der Waals surface area (Å²) in [6.45, 7) is 2.92. The quantitative estimate of drug-likeness (QED) is 0.395. The van der Waals surface area contributed by atoms with Crippen LogP contribution in [0.25, 0.3) is 0 Å². The second-order valence-corrected chi connectivity index (χ2v) is 1.47. The van der Waals surface area contributed by atoms with E-state index in [-0.39, 0.29) is 65.6 Å². The smallest absolute Gasteiger partial charge is 0.550 e. The Morgan fingerprint density at radius 1 is 0.526 bits per heavy atom. The van der Waals surface area contributed by atoms with Crippen molar-refractivity contribution in [1.82, 2.24) is 0 Å². The van der Waals surface area contributed by atoms with Crippen molar-refractivity contribution < 1.29 is 95.3 Å². The third-order valence-electron chi connectivity index (χ3n) is 0. The number of hydrogen-bond donors (Lipinski definition) is 0. The molecule has 0 aromatic heterocycles. The molecule has 0 fully saturated rings. The topological polar surface area (TPSA) is 309 Å². The van der Waals surface area contributed by atoms with Gasteiger partial charge in [0.25, 0.3) is 0 Å². The van der Waals surface area contributed by atoms with E-state index in [9.17, 15) is 0 Å². The van der Waals surface area contributed by atoms with Gasteiger partial charge in [0.2, 0.25) is 0 Å². The van der Waals surface area contributed by atoms with Gasteiger partial charge in [-0.25, -0.2) is 0 Å². The molecule has 0 aliphatic heterocycles. The number of rotatable bonds is 0. The Balaban J connectivity index is -0.00000000675. The van der Waals surface area contributed by atoms with E-state index < -0.39 is 17.9 Å². The first-order valence-electron chi connectivity index (χ1n) is 2.72. The molecule has 0 bridgehead atoms. The minimum atomic E-state index is -1.08. The Morgan fingerprint density at radius 2 is 0.526 bits per heavy atom. The van der Waals surface area contributed by atoms with Crippen LogP contribution in [0.15, 0.2) is 0 Å². The first-order chi connectivity index (χ1) is 5.20. The second-order valence-electron chi connectivity index (χ2n) is 1.47. The molecule has 0 aromatic rings. The molecule has 0 aliphatic carbocycles. The molecule has 0 radical (unpaired) electrons. The summed E-state index contributed by atoms with van der Waals surface area (Å²) in [6.07, 6.45) is 0. The van der Waals surface area contributed by atoms with Crippen molar-refractivity contribution in [2.24, 2.45) is 0 Å². The van der Waals surface area contributed by atoms with Gasteiger partial charge < -0.3 is 62.6 Å². The number of carboxylic acids is 3. The maximum atomic E-state index is 8.89. The average molecular weight is 374 g/mol. The van der Waals surface area contributed by atoms with E-state index in [4.69, 9.17) is 29.7 Å². The number of carboxylic acid groups (broad SMARTS) is 3. The van der Waals surface area contributed by atoms with E-state index >= 15 is 0 Å². The molecule has 13 heteroatoms. The molecular formula is C6H21O12Y. The Hall–Kier alpha value is -0.726. The zero-order valence-electron chi connectivity index (χ0n) is 10.5. The van der Waals surface area contributed by atoms with Gasteiger partial charge in [0.05, 0.1) is 0 Å². The molecular weight excluding hydrogens is 353 g/mol. The van der Waals surface area contributed by atoms with Crippen molar-refractivity contribution in [3.63, 3.8) is 0 Å². The number of aliphatic carboxylic acids is 3. The van der Waals surface area contributed by atoms with Crippen molar-refractivity contribution in [2.45, 2.75) is 20.8 Å². The molecule has 0 unspecified atom stereocenters. The monoisotopic (exact) mass is 374 g/mol. The van der Waals surface area contributed by atoms with E-state index in [2.05, 4.69) is 0 Å². The van der Waals surface area contributed by atoms with Crippen LogP contribution in [0.5, 0.6) is 0 Å². The van der Waals surface area contributed by atoms with Crippen molar-refractivity contribution in [1.29, 1.82) is 0 Å². The SMILES string of the molecule is CC(=O)[O-].CC(=O)[O-].CC(=O)[O-].O.O.O.O.O.O.[Y+3]. The normalized spacial score (nSPS) is 3.95. The molecule has 0 spiro atoms. The second kappa shape index (κ2) is 66.8. The Morgan fingerprint density at radius 3 is 0.526 bits per heavy atom. The molecule has 0 amide bonds. The number of carbonyl (C=O) groups is 3. The van der Waals surface area contributed by atoms with E-state index in [1.807, 2.05) is 0 Å². The molecule has 0 aromatic carbocycles. The predicted molar refractivity (Wildman–Crippen MR) is 53.7 cm³/mol. The van der Waals surface area contributed by atoms with Gasteiger partial charge in [0.1, 0.15) is 0 Å². The molecule has 0 rings (SSSR count). The van der Waals surface area contributed by atoms with Crippen LogP contribution < -0.4 is 15.3 Å². The summed E-state index contributed by atoms with van der Waals surface area (Å²) in [5.74, 6) is -3.25. The standard InChI is InChI=1S/3C2H4O2.6H2O.Y/c3*1-2(3)4;;;;;;;/h3*1H3,(H,3,4);6*1H2;/q;;;;;;;;;+3/p-3. The van der Waals surface area contributed by atoms with E-state index in [1.165, 1.54) is 0 Å². The van der Waals surface area contributed by atoms with E-state index in [1.54, 1.807) is 0 Å². The van der Waals surface area contributed by atoms with Gasteiger partial charge in [0.15, 0.2) is 0 Å². The van der Waals surface area contributed by atoms with Gasteiger partial charge in [-0.05, 0) is 20.8 Å². The van der Waals surface area contributed by atoms with Crippen LogP contribution in [-0.2, 0) is 47.1 Å². The molecule has 0 atom stereocenters. The summed E-state index contributed by atoms with van der Waals surface area (Å²) in [5.41, 5.74) is 0. The zero-order valence-corrected chi connectivity index (χ0v) is 13.4. The Labute approximate surface area is 134 Å². The van der Waals surface area contributed by atoms with Crippen LogP contribution in [0, 0.1) is 0 Å². The van der Waals surface area contributed by atoms with Crippen LogP contribution in [0.2, 0.25) is 0 Å². The molecule has 19 heavy (non-hydrogen) atoms. The predicted octanol–water partition coefficient (Wildman–Crippen LogP) is -8.68. The average Bonchev–Trinajstić information content (AvgIpc) is 1.54. The van der Waals surface area contributed by atoms with E-state index in [0.717, 1.165) is 20.8 Å². The van der Waals surface area contributed by atoms with Crippen molar-refractivity contribution in [2.75, 3.05) is 0 Å². The molecule has 0 aliphatic rings. The fourth-order valence-corrected chi connectivity index (χ4v) is 0. The van der Waals surface area contributed by atoms with Gasteiger partial charge in [-0.3, -0.25) is 0 Å². The van der Waals surface area contributed by atoms with Crippen molar-refractivity contribution in [3.05, 3.63) is 0 Å². The van der Waals surface area contributed by atoms with Crippen molar-refractivity contribution >= 4 is 17.9 Å². The van der Waals surface area contributed by atoms with Crippen LogP contribution in [0.1, 0.15) is 20.8 Å². The summed E-state index contributed by atoms with van der Waals surface area (Å²) in [4.78, 5) is 26.7. The van der Waals surface area contributed by atoms with Crippen LogP contribution >= 0.6 is 0 Å². The van der Waals surface area contributed by atoms with Gasteiger partial charge in [-0.1, -0.05) is 0 Å². The van der Waals surface area contributed by atoms with Crippen LogP contribution in [0.4, 0.5) is 0 Å².